The fraction of sp³-hybridized carbons (Fsp3) is 0.300. The molecule has 2 aromatic carbocycles. The predicted octanol–water partition coefficient (Wildman–Crippen LogP) is 4.33. The van der Waals surface area contributed by atoms with Gasteiger partial charge in [0.2, 0.25) is 6.79 Å². The van der Waals surface area contributed by atoms with Gasteiger partial charge in [0.15, 0.2) is 16.6 Å². The van der Waals surface area contributed by atoms with E-state index in [1.807, 2.05) is 25.1 Å². The van der Waals surface area contributed by atoms with E-state index in [1.54, 1.807) is 0 Å². The molecule has 5 nitrogen and oxygen atoms in total. The van der Waals surface area contributed by atoms with E-state index in [0.717, 1.165) is 41.3 Å². The average molecular weight is 369 g/mol. The summed E-state index contributed by atoms with van der Waals surface area (Å²) in [4.78, 5) is 0. The summed E-state index contributed by atoms with van der Waals surface area (Å²) in [6, 6.07) is 12.2. The Morgan fingerprint density at radius 3 is 2.73 bits per heavy atom. The third-order valence-electron chi connectivity index (χ3n) is 4.19. The molecule has 0 saturated heterocycles. The number of nitrogens with zero attached hydrogens (tertiary/aromatic N) is 1. The van der Waals surface area contributed by atoms with E-state index < -0.39 is 0 Å². The van der Waals surface area contributed by atoms with Crippen molar-refractivity contribution in [3.05, 3.63) is 53.1 Å². The number of hydrogen-bond acceptors (Lipinski definition) is 4. The summed E-state index contributed by atoms with van der Waals surface area (Å²) in [5.41, 5.74) is 8.45. The first-order chi connectivity index (χ1) is 12.5. The SMILES string of the molecule is C/C(CCc1ccc2c(c1)OCO2)=N\NC(=S)Nc1ccc(C)cc1C. The fourth-order valence-electron chi connectivity index (χ4n) is 2.73. The molecule has 26 heavy (non-hydrogen) atoms. The van der Waals surface area contributed by atoms with Crippen LogP contribution in [0.4, 0.5) is 5.69 Å². The summed E-state index contributed by atoms with van der Waals surface area (Å²) in [5.74, 6) is 1.62. The van der Waals surface area contributed by atoms with Crippen LogP contribution in [0.25, 0.3) is 0 Å². The molecule has 0 radical (unpaired) electrons. The fourth-order valence-corrected chi connectivity index (χ4v) is 2.88. The van der Waals surface area contributed by atoms with E-state index in [9.17, 15) is 0 Å². The van der Waals surface area contributed by atoms with Crippen LogP contribution >= 0.6 is 12.2 Å². The topological polar surface area (TPSA) is 54.9 Å². The zero-order chi connectivity index (χ0) is 18.5. The van der Waals surface area contributed by atoms with Crippen LogP contribution in [-0.4, -0.2) is 17.6 Å². The summed E-state index contributed by atoms with van der Waals surface area (Å²) < 4.78 is 10.7. The van der Waals surface area contributed by atoms with Gasteiger partial charge in [-0.05, 0) is 75.2 Å². The van der Waals surface area contributed by atoms with Crippen molar-refractivity contribution >= 4 is 28.7 Å². The van der Waals surface area contributed by atoms with Gasteiger partial charge in [-0.1, -0.05) is 23.8 Å². The van der Waals surface area contributed by atoms with E-state index >= 15 is 0 Å². The largest absolute Gasteiger partial charge is 0.454 e. The molecule has 0 saturated carbocycles. The Labute approximate surface area is 159 Å². The van der Waals surface area contributed by atoms with Gasteiger partial charge in [-0.15, -0.1) is 0 Å². The minimum absolute atomic E-state index is 0.300. The number of benzene rings is 2. The lowest BCUT2D eigenvalue weighted by Crippen LogP contribution is -2.25. The highest BCUT2D eigenvalue weighted by molar-refractivity contribution is 7.80. The maximum Gasteiger partial charge on any atom is 0.231 e. The van der Waals surface area contributed by atoms with E-state index in [-0.39, 0.29) is 0 Å². The van der Waals surface area contributed by atoms with Gasteiger partial charge < -0.3 is 14.8 Å². The number of hydrogen-bond donors (Lipinski definition) is 2. The van der Waals surface area contributed by atoms with Crippen LogP contribution in [0.2, 0.25) is 0 Å². The van der Waals surface area contributed by atoms with Crippen molar-refractivity contribution in [3.63, 3.8) is 0 Å². The molecule has 2 N–H and O–H groups in total. The summed E-state index contributed by atoms with van der Waals surface area (Å²) in [6.07, 6.45) is 1.71. The van der Waals surface area contributed by atoms with Crippen molar-refractivity contribution in [1.29, 1.82) is 0 Å². The van der Waals surface area contributed by atoms with Gasteiger partial charge in [0.1, 0.15) is 0 Å². The lowest BCUT2D eigenvalue weighted by molar-refractivity contribution is 0.174. The molecule has 0 atom stereocenters. The second-order valence-corrected chi connectivity index (χ2v) is 6.83. The molecule has 6 heteroatoms. The lowest BCUT2D eigenvalue weighted by Gasteiger charge is -2.11. The molecule has 1 aliphatic heterocycles. The van der Waals surface area contributed by atoms with Crippen molar-refractivity contribution in [3.8, 4) is 11.5 Å². The zero-order valence-corrected chi connectivity index (χ0v) is 16.1. The molecule has 3 rings (SSSR count). The standard InChI is InChI=1S/C20H23N3O2S/c1-13-4-8-17(14(2)10-13)21-20(26)23-22-15(3)5-6-16-7-9-18-19(11-16)25-12-24-18/h4,7-11H,5-6,12H2,1-3H3,(H2,21,23,26)/b22-15+. The molecular weight excluding hydrogens is 346 g/mol. The van der Waals surface area contributed by atoms with Gasteiger partial charge in [-0.25, -0.2) is 0 Å². The van der Waals surface area contributed by atoms with E-state index in [1.165, 1.54) is 11.1 Å². The highest BCUT2D eigenvalue weighted by Crippen LogP contribution is 2.32. The van der Waals surface area contributed by atoms with Crippen molar-refractivity contribution in [2.75, 3.05) is 12.1 Å². The number of aryl methyl sites for hydroxylation is 3. The molecular formula is C20H23N3O2S. The summed E-state index contributed by atoms with van der Waals surface area (Å²) >= 11 is 5.32. The molecule has 0 aromatic heterocycles. The van der Waals surface area contributed by atoms with Gasteiger partial charge in [0.25, 0.3) is 0 Å². The average Bonchev–Trinajstić information content (AvgIpc) is 3.08. The van der Waals surface area contributed by atoms with Crippen molar-refractivity contribution in [1.82, 2.24) is 5.43 Å². The van der Waals surface area contributed by atoms with Crippen LogP contribution < -0.4 is 20.2 Å². The molecule has 1 aliphatic rings. The number of hydrazone groups is 1. The van der Waals surface area contributed by atoms with Gasteiger partial charge in [-0.2, -0.15) is 5.10 Å². The van der Waals surface area contributed by atoms with Crippen molar-refractivity contribution in [2.24, 2.45) is 5.10 Å². The normalized spacial score (nSPS) is 12.8. The number of rotatable bonds is 5. The lowest BCUT2D eigenvalue weighted by atomic mass is 10.1. The van der Waals surface area contributed by atoms with Gasteiger partial charge in [-0.3, -0.25) is 5.43 Å². The highest BCUT2D eigenvalue weighted by atomic mass is 32.1. The van der Waals surface area contributed by atoms with E-state index in [4.69, 9.17) is 21.7 Å². The summed E-state index contributed by atoms with van der Waals surface area (Å²) in [7, 11) is 0. The number of fused-ring (bicyclic) bond motifs is 1. The van der Waals surface area contributed by atoms with Gasteiger partial charge in [0.05, 0.1) is 0 Å². The monoisotopic (exact) mass is 369 g/mol. The number of anilines is 1. The molecule has 0 amide bonds. The minimum atomic E-state index is 0.300. The Balaban J connectivity index is 1.49. The first-order valence-electron chi connectivity index (χ1n) is 8.57. The molecule has 136 valence electrons. The van der Waals surface area contributed by atoms with E-state index in [0.29, 0.717) is 11.9 Å². The summed E-state index contributed by atoms with van der Waals surface area (Å²) in [5, 5.41) is 8.03. The Hall–Kier alpha value is -2.60. The van der Waals surface area contributed by atoms with Crippen LogP contribution in [0.5, 0.6) is 11.5 Å². The van der Waals surface area contributed by atoms with Crippen LogP contribution in [0, 0.1) is 13.8 Å². The number of thiocarbonyl (C=S) groups is 1. The van der Waals surface area contributed by atoms with Crippen LogP contribution in [0.3, 0.4) is 0 Å². The van der Waals surface area contributed by atoms with Gasteiger partial charge >= 0.3 is 0 Å². The second kappa shape index (κ2) is 8.19. The smallest absolute Gasteiger partial charge is 0.231 e. The van der Waals surface area contributed by atoms with Crippen LogP contribution in [-0.2, 0) is 6.42 Å². The minimum Gasteiger partial charge on any atom is -0.454 e. The predicted molar refractivity (Wildman–Crippen MR) is 109 cm³/mol. The Kier molecular flexibility index (Phi) is 5.73. The molecule has 1 heterocycles. The zero-order valence-electron chi connectivity index (χ0n) is 15.3. The van der Waals surface area contributed by atoms with Crippen molar-refractivity contribution < 1.29 is 9.47 Å². The van der Waals surface area contributed by atoms with Crippen molar-refractivity contribution in [2.45, 2.75) is 33.6 Å². The molecule has 0 fully saturated rings. The Morgan fingerprint density at radius 1 is 1.12 bits per heavy atom. The third kappa shape index (κ3) is 4.73. The highest BCUT2D eigenvalue weighted by Gasteiger charge is 2.13. The quantitative estimate of drug-likeness (QED) is 0.467. The third-order valence-corrected chi connectivity index (χ3v) is 4.38. The summed E-state index contributed by atoms with van der Waals surface area (Å²) in [6.45, 7) is 6.41. The Morgan fingerprint density at radius 2 is 1.92 bits per heavy atom. The molecule has 0 spiro atoms. The first-order valence-corrected chi connectivity index (χ1v) is 8.98. The second-order valence-electron chi connectivity index (χ2n) is 6.42. The Bertz CT molecular complexity index is 849. The maximum atomic E-state index is 5.41. The van der Waals surface area contributed by atoms with Crippen LogP contribution in [0.15, 0.2) is 41.5 Å². The maximum absolute atomic E-state index is 5.41. The first kappa shape index (κ1) is 18.2. The number of ether oxygens (including phenoxy) is 2. The number of nitrogens with one attached hydrogen (secondary N) is 2. The van der Waals surface area contributed by atoms with Gasteiger partial charge in [0, 0.05) is 11.4 Å². The molecule has 0 unspecified atom stereocenters. The van der Waals surface area contributed by atoms with Crippen LogP contribution in [0.1, 0.15) is 30.0 Å². The van der Waals surface area contributed by atoms with E-state index in [2.05, 4.69) is 47.9 Å². The molecule has 0 aliphatic carbocycles. The molecule has 0 bridgehead atoms. The molecule has 2 aromatic rings.